The van der Waals surface area contributed by atoms with Crippen LogP contribution in [0.1, 0.15) is 32.4 Å². The SMILES string of the molecule is CCN(CC)C(C)c1cccc[c]1[Bi]([CH3])[CH3]. The molecule has 0 N–H and O–H groups in total. The first kappa shape index (κ1) is 14.1. The van der Waals surface area contributed by atoms with Crippen molar-refractivity contribution in [2.75, 3.05) is 13.1 Å². The topological polar surface area (TPSA) is 3.24 Å². The molecule has 16 heavy (non-hydrogen) atoms. The number of hydrogen-bond donors (Lipinski definition) is 0. The predicted octanol–water partition coefficient (Wildman–Crippen LogP) is 3.05. The van der Waals surface area contributed by atoms with E-state index in [4.69, 9.17) is 0 Å². The molecule has 1 atom stereocenters. The Kier molecular flexibility index (Phi) is 5.93. The molecule has 1 aromatic carbocycles. The van der Waals surface area contributed by atoms with E-state index < -0.39 is 21.8 Å². The fourth-order valence-corrected chi connectivity index (χ4v) is 6.73. The average molecular weight is 415 g/mol. The summed E-state index contributed by atoms with van der Waals surface area (Å²) in [5.41, 5.74) is 1.58. The van der Waals surface area contributed by atoms with Crippen LogP contribution in [0.25, 0.3) is 0 Å². The third-order valence-corrected chi connectivity index (χ3v) is 8.56. The summed E-state index contributed by atoms with van der Waals surface area (Å²) in [6, 6.07) is 9.64. The van der Waals surface area contributed by atoms with Gasteiger partial charge in [0.05, 0.1) is 0 Å². The van der Waals surface area contributed by atoms with Gasteiger partial charge in [-0.15, -0.1) is 0 Å². The molecule has 0 aliphatic heterocycles. The number of benzene rings is 1. The van der Waals surface area contributed by atoms with E-state index in [9.17, 15) is 0 Å². The van der Waals surface area contributed by atoms with Crippen LogP contribution in [0.4, 0.5) is 0 Å². The molecule has 1 rings (SSSR count). The molecule has 0 saturated carbocycles. The van der Waals surface area contributed by atoms with E-state index in [1.54, 1.807) is 8.83 Å². The molecule has 0 saturated heterocycles. The van der Waals surface area contributed by atoms with Crippen LogP contribution in [0.2, 0.25) is 9.26 Å². The summed E-state index contributed by atoms with van der Waals surface area (Å²) in [6.45, 7) is 9.12. The van der Waals surface area contributed by atoms with Gasteiger partial charge < -0.3 is 0 Å². The zero-order valence-electron chi connectivity index (χ0n) is 11.2. The van der Waals surface area contributed by atoms with Gasteiger partial charge in [-0.25, -0.2) is 0 Å². The molecule has 1 unspecified atom stereocenters. The zero-order chi connectivity index (χ0) is 12.1. The van der Waals surface area contributed by atoms with Crippen molar-refractivity contribution in [3.8, 4) is 0 Å². The van der Waals surface area contributed by atoms with Crippen LogP contribution < -0.4 is 3.27 Å². The van der Waals surface area contributed by atoms with Crippen molar-refractivity contribution in [1.82, 2.24) is 4.90 Å². The van der Waals surface area contributed by atoms with Gasteiger partial charge in [0.15, 0.2) is 0 Å². The molecule has 0 radical (unpaired) electrons. The molecular weight excluding hydrogens is 391 g/mol. The molecule has 0 aromatic heterocycles. The van der Waals surface area contributed by atoms with E-state index in [1.165, 1.54) is 0 Å². The van der Waals surface area contributed by atoms with Crippen molar-refractivity contribution < 1.29 is 0 Å². The van der Waals surface area contributed by atoms with Crippen molar-refractivity contribution in [3.05, 3.63) is 29.8 Å². The van der Waals surface area contributed by atoms with Crippen molar-refractivity contribution >= 4 is 25.0 Å². The van der Waals surface area contributed by atoms with E-state index in [0.717, 1.165) is 13.1 Å². The number of rotatable bonds is 5. The van der Waals surface area contributed by atoms with Gasteiger partial charge in [-0.1, -0.05) is 0 Å². The van der Waals surface area contributed by atoms with Gasteiger partial charge in [-0.05, 0) is 0 Å². The van der Waals surface area contributed by atoms with Gasteiger partial charge in [-0.3, -0.25) is 0 Å². The second-order valence-electron chi connectivity index (χ2n) is 4.35. The molecule has 0 aliphatic rings. The zero-order valence-corrected chi connectivity index (χ0v) is 14.7. The van der Waals surface area contributed by atoms with Crippen LogP contribution in [-0.2, 0) is 0 Å². The minimum atomic E-state index is -1.33. The Hall–Kier alpha value is 0.0631. The molecule has 0 spiro atoms. The van der Waals surface area contributed by atoms with Gasteiger partial charge in [-0.2, -0.15) is 0 Å². The summed E-state index contributed by atoms with van der Waals surface area (Å²) in [5.74, 6) is 0. The van der Waals surface area contributed by atoms with Gasteiger partial charge in [0.2, 0.25) is 0 Å². The van der Waals surface area contributed by atoms with E-state index in [2.05, 4.69) is 59.2 Å². The third-order valence-electron chi connectivity index (χ3n) is 3.23. The minimum absolute atomic E-state index is 0.573. The molecule has 0 heterocycles. The molecule has 0 fully saturated rings. The second-order valence-corrected chi connectivity index (χ2v) is 13.2. The van der Waals surface area contributed by atoms with Gasteiger partial charge in [0, 0.05) is 0 Å². The maximum atomic E-state index is 2.53. The Balaban J connectivity index is 3.02. The van der Waals surface area contributed by atoms with Crippen molar-refractivity contribution in [2.45, 2.75) is 36.1 Å². The number of nitrogens with zero attached hydrogens (tertiary/aromatic N) is 1. The van der Waals surface area contributed by atoms with Gasteiger partial charge >= 0.3 is 109 Å². The summed E-state index contributed by atoms with van der Waals surface area (Å²) in [4.78, 5) is 2.53. The Morgan fingerprint density at radius 1 is 1.12 bits per heavy atom. The van der Waals surface area contributed by atoms with E-state index >= 15 is 0 Å². The predicted molar refractivity (Wildman–Crippen MR) is 74.9 cm³/mol. The summed E-state index contributed by atoms with van der Waals surface area (Å²) < 4.78 is 6.64. The van der Waals surface area contributed by atoms with Crippen molar-refractivity contribution in [3.63, 3.8) is 0 Å². The second kappa shape index (κ2) is 6.71. The fraction of sp³-hybridized carbons (Fsp3) is 0.571. The molecular formula is C14H24BiN. The monoisotopic (exact) mass is 415 g/mol. The van der Waals surface area contributed by atoms with E-state index in [-0.39, 0.29) is 0 Å². The summed E-state index contributed by atoms with van der Waals surface area (Å²) in [6.07, 6.45) is 0. The first-order valence-corrected chi connectivity index (χ1v) is 14.8. The normalized spacial score (nSPS) is 13.4. The number of hydrogen-bond acceptors (Lipinski definition) is 1. The molecule has 0 amide bonds. The Morgan fingerprint density at radius 3 is 2.19 bits per heavy atom. The average Bonchev–Trinajstić information content (AvgIpc) is 2.30. The third kappa shape index (κ3) is 3.28. The molecule has 0 aliphatic carbocycles. The van der Waals surface area contributed by atoms with Crippen molar-refractivity contribution in [1.29, 1.82) is 0 Å². The van der Waals surface area contributed by atoms with Crippen LogP contribution in [0.15, 0.2) is 24.3 Å². The van der Waals surface area contributed by atoms with Crippen LogP contribution in [-0.4, -0.2) is 39.7 Å². The molecule has 1 nitrogen and oxygen atoms in total. The van der Waals surface area contributed by atoms with Gasteiger partial charge in [0.1, 0.15) is 0 Å². The fourth-order valence-electron chi connectivity index (χ4n) is 2.22. The van der Waals surface area contributed by atoms with E-state index in [0.29, 0.717) is 6.04 Å². The Labute approximate surface area is 109 Å². The van der Waals surface area contributed by atoms with Crippen molar-refractivity contribution in [2.24, 2.45) is 0 Å². The molecule has 1 aromatic rings. The Morgan fingerprint density at radius 2 is 1.69 bits per heavy atom. The van der Waals surface area contributed by atoms with Crippen LogP contribution in [0, 0.1) is 0 Å². The summed E-state index contributed by atoms with van der Waals surface area (Å²) in [5, 5.41) is 0. The summed E-state index contributed by atoms with van der Waals surface area (Å²) >= 11 is -1.33. The Bertz CT molecular complexity index is 318. The van der Waals surface area contributed by atoms with E-state index in [1.807, 2.05) is 0 Å². The van der Waals surface area contributed by atoms with Crippen LogP contribution >= 0.6 is 0 Å². The maximum absolute atomic E-state index is 2.53. The molecule has 90 valence electrons. The van der Waals surface area contributed by atoms with Crippen LogP contribution in [0.5, 0.6) is 0 Å². The molecule has 0 bridgehead atoms. The first-order valence-electron chi connectivity index (χ1n) is 6.12. The molecule has 2 heteroatoms. The first-order chi connectivity index (χ1) is 7.61. The summed E-state index contributed by atoms with van der Waals surface area (Å²) in [7, 11) is 0. The quantitative estimate of drug-likeness (QED) is 0.669. The van der Waals surface area contributed by atoms with Crippen LogP contribution in [0.3, 0.4) is 0 Å². The standard InChI is InChI=1S/C12H18N.2CH3.Bi/c1-4-13(5-2)11(3)12-9-7-6-8-10-12;;;/h6-9,11H,4-5H2,1-3H3;2*1H3;. The van der Waals surface area contributed by atoms with Gasteiger partial charge in [0.25, 0.3) is 0 Å².